The van der Waals surface area contributed by atoms with Gasteiger partial charge in [0.05, 0.1) is 0 Å². The molecule has 1 aromatic rings. The van der Waals surface area contributed by atoms with Crippen molar-refractivity contribution >= 4 is 15.7 Å². The highest BCUT2D eigenvalue weighted by atomic mass is 32.2. The molecule has 5 nitrogen and oxygen atoms in total. The van der Waals surface area contributed by atoms with Gasteiger partial charge in [0, 0.05) is 24.8 Å². The molecule has 1 aliphatic rings. The predicted molar refractivity (Wildman–Crippen MR) is 80.9 cm³/mol. The molecule has 1 aliphatic heterocycles. The molecule has 2 N–H and O–H groups in total. The van der Waals surface area contributed by atoms with Crippen molar-refractivity contribution in [2.24, 2.45) is 0 Å². The van der Waals surface area contributed by atoms with Gasteiger partial charge in [0.15, 0.2) is 0 Å². The Hall–Kier alpha value is -1.18. The number of rotatable bonds is 5. The summed E-state index contributed by atoms with van der Waals surface area (Å²) >= 11 is 0. The Labute approximate surface area is 125 Å². The molecule has 1 saturated heterocycles. The van der Waals surface area contributed by atoms with Crippen LogP contribution in [0.15, 0.2) is 23.1 Å². The number of likely N-dealkylation sites (N-methyl/N-ethyl adjacent to an activating group) is 1. The molecule has 0 spiro atoms. The van der Waals surface area contributed by atoms with Crippen LogP contribution in [0.4, 0.5) is 10.1 Å². The number of anilines is 1. The molecule has 1 unspecified atom stereocenters. The average Bonchev–Trinajstić information content (AvgIpc) is 2.93. The molecule has 7 heteroatoms. The Morgan fingerprint density at radius 3 is 2.67 bits per heavy atom. The first-order valence-corrected chi connectivity index (χ1v) is 8.63. The van der Waals surface area contributed by atoms with Gasteiger partial charge in [-0.05, 0) is 37.7 Å². The summed E-state index contributed by atoms with van der Waals surface area (Å²) in [6, 6.07) is 3.84. The van der Waals surface area contributed by atoms with Gasteiger partial charge in [-0.15, -0.1) is 0 Å². The van der Waals surface area contributed by atoms with E-state index in [-0.39, 0.29) is 16.6 Å². The molecule has 1 heterocycles. The van der Waals surface area contributed by atoms with Crippen molar-refractivity contribution in [1.82, 2.24) is 9.21 Å². The van der Waals surface area contributed by atoms with Crippen molar-refractivity contribution < 1.29 is 12.8 Å². The average molecular weight is 315 g/mol. The zero-order valence-electron chi connectivity index (χ0n) is 12.4. The van der Waals surface area contributed by atoms with E-state index in [0.717, 1.165) is 25.6 Å². The molecule has 2 rings (SSSR count). The van der Waals surface area contributed by atoms with Crippen LogP contribution in [0.2, 0.25) is 0 Å². The molecule has 1 aromatic carbocycles. The van der Waals surface area contributed by atoms with E-state index in [0.29, 0.717) is 13.1 Å². The number of halogens is 1. The van der Waals surface area contributed by atoms with Gasteiger partial charge in [0.25, 0.3) is 0 Å². The Morgan fingerprint density at radius 2 is 2.05 bits per heavy atom. The Kier molecular flexibility index (Phi) is 4.85. The maximum atomic E-state index is 13.8. The van der Waals surface area contributed by atoms with Crippen LogP contribution in [0.3, 0.4) is 0 Å². The van der Waals surface area contributed by atoms with Gasteiger partial charge in [0.2, 0.25) is 10.0 Å². The van der Waals surface area contributed by atoms with Gasteiger partial charge < -0.3 is 5.73 Å². The topological polar surface area (TPSA) is 66.6 Å². The van der Waals surface area contributed by atoms with Gasteiger partial charge in [-0.25, -0.2) is 12.8 Å². The SMILES string of the molecule is CCN(CC)C1CCN(S(=O)(=O)c2cc(N)ccc2F)C1. The minimum Gasteiger partial charge on any atom is -0.399 e. The zero-order chi connectivity index (χ0) is 15.6. The fourth-order valence-corrected chi connectivity index (χ4v) is 4.42. The standard InChI is InChI=1S/C14H22FN3O2S/c1-3-17(4-2)12-7-8-18(10-12)21(19,20)14-9-11(16)5-6-13(14)15/h5-6,9,12H,3-4,7-8,10,16H2,1-2H3. The maximum Gasteiger partial charge on any atom is 0.246 e. The molecule has 0 amide bonds. The van der Waals surface area contributed by atoms with Crippen LogP contribution in [0.25, 0.3) is 0 Å². The number of hydrogen-bond acceptors (Lipinski definition) is 4. The van der Waals surface area contributed by atoms with Crippen molar-refractivity contribution in [2.45, 2.75) is 31.2 Å². The van der Waals surface area contributed by atoms with Crippen LogP contribution in [0.1, 0.15) is 20.3 Å². The monoisotopic (exact) mass is 315 g/mol. The molecular formula is C14H22FN3O2S. The summed E-state index contributed by atoms with van der Waals surface area (Å²) in [5.74, 6) is -0.754. The van der Waals surface area contributed by atoms with Crippen LogP contribution < -0.4 is 5.73 Å². The third-order valence-corrected chi connectivity index (χ3v) is 5.91. The van der Waals surface area contributed by atoms with E-state index in [1.54, 1.807) is 0 Å². The lowest BCUT2D eigenvalue weighted by atomic mass is 10.2. The van der Waals surface area contributed by atoms with Crippen LogP contribution in [-0.2, 0) is 10.0 Å². The van der Waals surface area contributed by atoms with Crippen molar-refractivity contribution in [3.8, 4) is 0 Å². The largest absolute Gasteiger partial charge is 0.399 e. The number of sulfonamides is 1. The predicted octanol–water partition coefficient (Wildman–Crippen LogP) is 1.51. The number of nitrogens with zero attached hydrogens (tertiary/aromatic N) is 2. The van der Waals surface area contributed by atoms with Gasteiger partial charge in [-0.3, -0.25) is 4.90 Å². The van der Waals surface area contributed by atoms with E-state index in [2.05, 4.69) is 18.7 Å². The summed E-state index contributed by atoms with van der Waals surface area (Å²) < 4.78 is 40.3. The maximum absolute atomic E-state index is 13.8. The second kappa shape index (κ2) is 6.29. The highest BCUT2D eigenvalue weighted by Gasteiger charge is 2.35. The second-order valence-electron chi connectivity index (χ2n) is 5.22. The van der Waals surface area contributed by atoms with E-state index < -0.39 is 15.8 Å². The van der Waals surface area contributed by atoms with Crippen molar-refractivity contribution in [3.05, 3.63) is 24.0 Å². The summed E-state index contributed by atoms with van der Waals surface area (Å²) in [6.07, 6.45) is 0.769. The van der Waals surface area contributed by atoms with Crippen molar-refractivity contribution in [1.29, 1.82) is 0 Å². The highest BCUT2D eigenvalue weighted by molar-refractivity contribution is 7.89. The summed E-state index contributed by atoms with van der Waals surface area (Å²) in [5.41, 5.74) is 5.83. The highest BCUT2D eigenvalue weighted by Crippen LogP contribution is 2.26. The second-order valence-corrected chi connectivity index (χ2v) is 7.12. The Balaban J connectivity index is 2.24. The number of nitrogens with two attached hydrogens (primary N) is 1. The summed E-state index contributed by atoms with van der Waals surface area (Å²) in [5, 5.41) is 0. The first-order chi connectivity index (χ1) is 9.90. The van der Waals surface area contributed by atoms with Gasteiger partial charge in [-0.1, -0.05) is 13.8 Å². The lowest BCUT2D eigenvalue weighted by molar-refractivity contribution is 0.224. The Bertz CT molecular complexity index is 602. The summed E-state index contributed by atoms with van der Waals surface area (Å²) in [7, 11) is -3.82. The molecule has 0 saturated carbocycles. The van der Waals surface area contributed by atoms with E-state index >= 15 is 0 Å². The lowest BCUT2D eigenvalue weighted by Crippen LogP contribution is -2.38. The smallest absolute Gasteiger partial charge is 0.246 e. The minimum absolute atomic E-state index is 0.193. The third kappa shape index (κ3) is 3.20. The van der Waals surface area contributed by atoms with Gasteiger partial charge in [-0.2, -0.15) is 4.31 Å². The molecule has 118 valence electrons. The van der Waals surface area contributed by atoms with Crippen molar-refractivity contribution in [2.75, 3.05) is 31.9 Å². The summed E-state index contributed by atoms with van der Waals surface area (Å²) in [4.78, 5) is 1.90. The van der Waals surface area contributed by atoms with Crippen LogP contribution >= 0.6 is 0 Å². The first kappa shape index (κ1) is 16.2. The molecular weight excluding hydrogens is 293 g/mol. The molecule has 0 aliphatic carbocycles. The van der Waals surface area contributed by atoms with E-state index in [4.69, 9.17) is 5.73 Å². The quantitative estimate of drug-likeness (QED) is 0.837. The minimum atomic E-state index is -3.82. The molecule has 1 atom stereocenters. The zero-order valence-corrected chi connectivity index (χ0v) is 13.2. The fourth-order valence-electron chi connectivity index (χ4n) is 2.82. The third-order valence-electron chi connectivity index (χ3n) is 4.03. The van der Waals surface area contributed by atoms with Crippen LogP contribution in [-0.4, -0.2) is 49.8 Å². The fraction of sp³-hybridized carbons (Fsp3) is 0.571. The van der Waals surface area contributed by atoms with E-state index in [1.807, 2.05) is 0 Å². The van der Waals surface area contributed by atoms with Crippen molar-refractivity contribution in [3.63, 3.8) is 0 Å². The van der Waals surface area contributed by atoms with Crippen LogP contribution in [0.5, 0.6) is 0 Å². The molecule has 0 bridgehead atoms. The Morgan fingerprint density at radius 1 is 1.38 bits per heavy atom. The first-order valence-electron chi connectivity index (χ1n) is 7.19. The number of nitrogen functional groups attached to an aromatic ring is 1. The molecule has 21 heavy (non-hydrogen) atoms. The van der Waals surface area contributed by atoms with Gasteiger partial charge in [0.1, 0.15) is 10.7 Å². The van der Waals surface area contributed by atoms with Crippen LogP contribution in [0, 0.1) is 5.82 Å². The number of benzene rings is 1. The number of hydrogen-bond donors (Lipinski definition) is 1. The molecule has 0 radical (unpaired) electrons. The molecule has 0 aromatic heterocycles. The van der Waals surface area contributed by atoms with Gasteiger partial charge >= 0.3 is 0 Å². The normalized spacial score (nSPS) is 20.3. The summed E-state index contributed by atoms with van der Waals surface area (Å²) in [6.45, 7) is 6.68. The van der Waals surface area contributed by atoms with E-state index in [9.17, 15) is 12.8 Å². The van der Waals surface area contributed by atoms with E-state index in [1.165, 1.54) is 16.4 Å². The molecule has 1 fully saturated rings. The lowest BCUT2D eigenvalue weighted by Gasteiger charge is -2.26.